The number of benzene rings is 1. The van der Waals surface area contributed by atoms with Gasteiger partial charge in [-0.05, 0) is 17.7 Å². The predicted octanol–water partition coefficient (Wildman–Crippen LogP) is 1.32. The molecule has 0 aliphatic carbocycles. The highest BCUT2D eigenvalue weighted by atomic mass is 16.5. The minimum atomic E-state index is 0.104. The van der Waals surface area contributed by atoms with Gasteiger partial charge >= 0.3 is 0 Å². The van der Waals surface area contributed by atoms with Crippen molar-refractivity contribution >= 4 is 11.8 Å². The van der Waals surface area contributed by atoms with Crippen LogP contribution in [0.2, 0.25) is 0 Å². The second-order valence-corrected chi connectivity index (χ2v) is 5.14. The normalized spacial score (nSPS) is 15.0. The summed E-state index contributed by atoms with van der Waals surface area (Å²) in [5.74, 6) is 1.03. The van der Waals surface area contributed by atoms with Crippen molar-refractivity contribution in [1.29, 1.82) is 0 Å². The lowest BCUT2D eigenvalue weighted by atomic mass is 10.1. The number of amides is 2. The monoisotopic (exact) mass is 290 g/mol. The van der Waals surface area contributed by atoms with E-state index in [1.807, 2.05) is 41.0 Å². The van der Waals surface area contributed by atoms with Crippen LogP contribution in [-0.4, -0.2) is 54.9 Å². The molecule has 2 amide bonds. The largest absolute Gasteiger partial charge is 0.497 e. The van der Waals surface area contributed by atoms with Gasteiger partial charge in [0.05, 0.1) is 13.5 Å². The van der Waals surface area contributed by atoms with Gasteiger partial charge in [-0.15, -0.1) is 0 Å². The summed E-state index contributed by atoms with van der Waals surface area (Å²) >= 11 is 0. The van der Waals surface area contributed by atoms with Crippen LogP contribution in [0.15, 0.2) is 24.3 Å². The van der Waals surface area contributed by atoms with Crippen molar-refractivity contribution in [3.05, 3.63) is 29.8 Å². The smallest absolute Gasteiger partial charge is 0.227 e. The summed E-state index contributed by atoms with van der Waals surface area (Å²) in [5.41, 5.74) is 0.950. The fraction of sp³-hybridized carbons (Fsp3) is 0.500. The maximum atomic E-state index is 12.3. The van der Waals surface area contributed by atoms with Gasteiger partial charge in [0.2, 0.25) is 11.8 Å². The molecule has 0 atom stereocenters. The SMILES string of the molecule is CCC(=O)N1CCN(C(=O)Cc2cccc(OC)c2)CC1. The van der Waals surface area contributed by atoms with Crippen molar-refractivity contribution in [3.8, 4) is 5.75 Å². The third-order valence-electron chi connectivity index (χ3n) is 3.78. The van der Waals surface area contributed by atoms with Crippen LogP contribution < -0.4 is 4.74 Å². The van der Waals surface area contributed by atoms with Gasteiger partial charge in [0.25, 0.3) is 0 Å². The molecule has 114 valence electrons. The van der Waals surface area contributed by atoms with Crippen molar-refractivity contribution in [2.75, 3.05) is 33.3 Å². The molecular weight excluding hydrogens is 268 g/mol. The Morgan fingerprint density at radius 2 is 1.71 bits per heavy atom. The maximum absolute atomic E-state index is 12.3. The highest BCUT2D eigenvalue weighted by Gasteiger charge is 2.23. The van der Waals surface area contributed by atoms with E-state index in [2.05, 4.69) is 0 Å². The molecular formula is C16H22N2O3. The molecule has 21 heavy (non-hydrogen) atoms. The van der Waals surface area contributed by atoms with Gasteiger partial charge in [-0.1, -0.05) is 19.1 Å². The molecule has 1 aliphatic heterocycles. The Morgan fingerprint density at radius 3 is 2.29 bits per heavy atom. The number of hydrogen-bond donors (Lipinski definition) is 0. The first-order valence-electron chi connectivity index (χ1n) is 7.32. The molecule has 0 saturated carbocycles. The molecule has 1 aromatic carbocycles. The molecule has 0 aromatic heterocycles. The molecule has 5 nitrogen and oxygen atoms in total. The molecule has 0 unspecified atom stereocenters. The van der Waals surface area contributed by atoms with Gasteiger partial charge in [0.15, 0.2) is 0 Å². The van der Waals surface area contributed by atoms with Crippen LogP contribution >= 0.6 is 0 Å². The van der Waals surface area contributed by atoms with Crippen molar-refractivity contribution in [2.45, 2.75) is 19.8 Å². The Balaban J connectivity index is 1.88. The van der Waals surface area contributed by atoms with E-state index in [4.69, 9.17) is 4.74 Å². The summed E-state index contributed by atoms with van der Waals surface area (Å²) in [6, 6.07) is 7.56. The van der Waals surface area contributed by atoms with E-state index >= 15 is 0 Å². The van der Waals surface area contributed by atoms with Crippen molar-refractivity contribution in [3.63, 3.8) is 0 Å². The number of nitrogens with zero attached hydrogens (tertiary/aromatic N) is 2. The van der Waals surface area contributed by atoms with Crippen LogP contribution in [0, 0.1) is 0 Å². The van der Waals surface area contributed by atoms with E-state index < -0.39 is 0 Å². The lowest BCUT2D eigenvalue weighted by Gasteiger charge is -2.34. The Labute approximate surface area is 125 Å². The fourth-order valence-electron chi connectivity index (χ4n) is 2.50. The zero-order chi connectivity index (χ0) is 15.2. The molecule has 1 aliphatic rings. The second kappa shape index (κ2) is 7.11. The van der Waals surface area contributed by atoms with Crippen molar-refractivity contribution < 1.29 is 14.3 Å². The van der Waals surface area contributed by atoms with Gasteiger partial charge in [0, 0.05) is 32.6 Å². The molecule has 0 bridgehead atoms. The predicted molar refractivity (Wildman–Crippen MR) is 80.1 cm³/mol. The van der Waals surface area contributed by atoms with Gasteiger partial charge in [-0.25, -0.2) is 0 Å². The average molecular weight is 290 g/mol. The van der Waals surface area contributed by atoms with E-state index in [1.165, 1.54) is 0 Å². The fourth-order valence-corrected chi connectivity index (χ4v) is 2.50. The summed E-state index contributed by atoms with van der Waals surface area (Å²) in [4.78, 5) is 27.6. The number of methoxy groups -OCH3 is 1. The first-order chi connectivity index (χ1) is 10.1. The zero-order valence-electron chi connectivity index (χ0n) is 12.7. The lowest BCUT2D eigenvalue weighted by molar-refractivity contribution is -0.139. The molecule has 1 fully saturated rings. The standard InChI is InChI=1S/C16H22N2O3/c1-3-15(19)17-7-9-18(10-8-17)16(20)12-13-5-4-6-14(11-13)21-2/h4-6,11H,3,7-10,12H2,1-2H3. The number of carbonyl (C=O) groups excluding carboxylic acids is 2. The van der Waals surface area contributed by atoms with E-state index in [-0.39, 0.29) is 11.8 Å². The minimum Gasteiger partial charge on any atom is -0.497 e. The maximum Gasteiger partial charge on any atom is 0.227 e. The molecule has 1 heterocycles. The van der Waals surface area contributed by atoms with Crippen LogP contribution in [0.25, 0.3) is 0 Å². The summed E-state index contributed by atoms with van der Waals surface area (Å²) < 4.78 is 5.17. The van der Waals surface area contributed by atoms with Crippen LogP contribution in [0.5, 0.6) is 5.75 Å². The van der Waals surface area contributed by atoms with E-state index in [0.29, 0.717) is 39.0 Å². The third-order valence-corrected chi connectivity index (χ3v) is 3.78. The van der Waals surface area contributed by atoms with Crippen LogP contribution in [0.4, 0.5) is 0 Å². The van der Waals surface area contributed by atoms with Gasteiger partial charge in [-0.3, -0.25) is 9.59 Å². The van der Waals surface area contributed by atoms with Crippen LogP contribution in [-0.2, 0) is 16.0 Å². The average Bonchev–Trinajstić information content (AvgIpc) is 2.54. The number of ether oxygens (including phenoxy) is 1. The number of piperazine rings is 1. The highest BCUT2D eigenvalue weighted by molar-refractivity contribution is 5.80. The second-order valence-electron chi connectivity index (χ2n) is 5.14. The molecule has 0 spiro atoms. The number of hydrogen-bond acceptors (Lipinski definition) is 3. The summed E-state index contributed by atoms with van der Waals surface area (Å²) in [6.45, 7) is 4.37. The van der Waals surface area contributed by atoms with Crippen LogP contribution in [0.3, 0.4) is 0 Å². The van der Waals surface area contributed by atoms with E-state index in [9.17, 15) is 9.59 Å². The Hall–Kier alpha value is -2.04. The first-order valence-corrected chi connectivity index (χ1v) is 7.32. The topological polar surface area (TPSA) is 49.9 Å². The van der Waals surface area contributed by atoms with Gasteiger partial charge < -0.3 is 14.5 Å². The minimum absolute atomic E-state index is 0.104. The van der Waals surface area contributed by atoms with Crippen LogP contribution in [0.1, 0.15) is 18.9 Å². The quantitative estimate of drug-likeness (QED) is 0.840. The zero-order valence-corrected chi connectivity index (χ0v) is 12.7. The lowest BCUT2D eigenvalue weighted by Crippen LogP contribution is -2.50. The summed E-state index contributed by atoms with van der Waals surface area (Å²) in [6.07, 6.45) is 0.899. The Morgan fingerprint density at radius 1 is 1.10 bits per heavy atom. The number of rotatable bonds is 4. The van der Waals surface area contributed by atoms with Crippen molar-refractivity contribution in [2.24, 2.45) is 0 Å². The Bertz CT molecular complexity index is 508. The molecule has 1 saturated heterocycles. The molecule has 0 radical (unpaired) electrons. The Kier molecular flexibility index (Phi) is 5.20. The van der Waals surface area contributed by atoms with Gasteiger partial charge in [-0.2, -0.15) is 0 Å². The molecule has 0 N–H and O–H groups in total. The van der Waals surface area contributed by atoms with Gasteiger partial charge in [0.1, 0.15) is 5.75 Å². The highest BCUT2D eigenvalue weighted by Crippen LogP contribution is 2.14. The summed E-state index contributed by atoms with van der Waals surface area (Å²) in [7, 11) is 1.62. The molecule has 2 rings (SSSR count). The summed E-state index contributed by atoms with van der Waals surface area (Å²) in [5, 5.41) is 0. The third kappa shape index (κ3) is 3.97. The van der Waals surface area contributed by atoms with E-state index in [1.54, 1.807) is 7.11 Å². The van der Waals surface area contributed by atoms with E-state index in [0.717, 1.165) is 11.3 Å². The molecule has 1 aromatic rings. The number of carbonyl (C=O) groups is 2. The molecule has 5 heteroatoms. The van der Waals surface area contributed by atoms with Crippen molar-refractivity contribution in [1.82, 2.24) is 9.80 Å². The first kappa shape index (κ1) is 15.4.